The number of aromatic nitrogens is 3. The zero-order chi connectivity index (χ0) is 18.9. The molecule has 2 aromatic heterocycles. The number of carbonyl (C=O) groups excluding carboxylic acids is 1. The van der Waals surface area contributed by atoms with Gasteiger partial charge in [0.15, 0.2) is 5.01 Å². The molecule has 3 rings (SSSR count). The Morgan fingerprint density at radius 3 is 2.65 bits per heavy atom. The minimum Gasteiger partial charge on any atom is -0.364 e. The Balaban J connectivity index is 1.92. The van der Waals surface area contributed by atoms with Crippen LogP contribution < -0.4 is 11.1 Å². The first-order valence-electron chi connectivity index (χ1n) is 7.27. The van der Waals surface area contributed by atoms with E-state index in [0.717, 1.165) is 29.2 Å². The zero-order valence-electron chi connectivity index (χ0n) is 13.3. The predicted octanol–water partition coefficient (Wildman–Crippen LogP) is 3.77. The number of nitrogens with two attached hydrogens (primary N) is 1. The number of hydrogen-bond donors (Lipinski definition) is 2. The summed E-state index contributed by atoms with van der Waals surface area (Å²) in [6.07, 6.45) is -3.52. The summed E-state index contributed by atoms with van der Waals surface area (Å²) in [4.78, 5) is 22.6. The number of carbonyl (C=O) groups is 1. The smallest absolute Gasteiger partial charge is 0.364 e. The van der Waals surface area contributed by atoms with Crippen LogP contribution >= 0.6 is 11.3 Å². The highest BCUT2D eigenvalue weighted by Gasteiger charge is 2.32. The second-order valence-electron chi connectivity index (χ2n) is 5.38. The third-order valence-corrected chi connectivity index (χ3v) is 4.15. The molecule has 0 fully saturated rings. The standard InChI is InChI=1S/C16H12F3N5OS/c1-8-4-9(11-7-26-14(23-11)13(20)25)6-10(5-8)22-15-21-3-2-12(24-15)16(17,18)19/h2-7H,1H3,(H2,20,25)(H,21,22,24). The van der Waals surface area contributed by atoms with Crippen molar-refractivity contribution in [3.63, 3.8) is 0 Å². The van der Waals surface area contributed by atoms with Crippen LogP contribution in [0.15, 0.2) is 35.8 Å². The molecule has 0 aliphatic rings. The largest absolute Gasteiger partial charge is 0.433 e. The van der Waals surface area contributed by atoms with Crippen molar-refractivity contribution in [1.29, 1.82) is 0 Å². The number of halogens is 3. The van der Waals surface area contributed by atoms with Crippen LogP contribution in [0.2, 0.25) is 0 Å². The zero-order valence-corrected chi connectivity index (χ0v) is 14.1. The van der Waals surface area contributed by atoms with E-state index in [0.29, 0.717) is 16.9 Å². The Hall–Kier alpha value is -3.01. The highest BCUT2D eigenvalue weighted by atomic mass is 32.1. The highest BCUT2D eigenvalue weighted by Crippen LogP contribution is 2.29. The summed E-state index contributed by atoms with van der Waals surface area (Å²) in [7, 11) is 0. The number of amides is 1. The number of hydrogen-bond acceptors (Lipinski definition) is 6. The number of benzene rings is 1. The van der Waals surface area contributed by atoms with Gasteiger partial charge in [0, 0.05) is 22.8 Å². The van der Waals surface area contributed by atoms with E-state index in [9.17, 15) is 18.0 Å². The summed E-state index contributed by atoms with van der Waals surface area (Å²) in [6, 6.07) is 6.04. The summed E-state index contributed by atoms with van der Waals surface area (Å²) < 4.78 is 38.3. The first-order valence-corrected chi connectivity index (χ1v) is 8.15. The topological polar surface area (TPSA) is 93.8 Å². The van der Waals surface area contributed by atoms with E-state index < -0.39 is 17.8 Å². The van der Waals surface area contributed by atoms with Crippen LogP contribution in [0, 0.1) is 6.92 Å². The van der Waals surface area contributed by atoms with Crippen molar-refractivity contribution in [2.45, 2.75) is 13.1 Å². The van der Waals surface area contributed by atoms with Crippen molar-refractivity contribution in [2.24, 2.45) is 5.73 Å². The van der Waals surface area contributed by atoms with Gasteiger partial charge >= 0.3 is 6.18 Å². The lowest BCUT2D eigenvalue weighted by Crippen LogP contribution is -2.10. The van der Waals surface area contributed by atoms with Gasteiger partial charge < -0.3 is 11.1 Å². The average molecular weight is 379 g/mol. The monoisotopic (exact) mass is 379 g/mol. The molecule has 2 heterocycles. The maximum absolute atomic E-state index is 12.8. The van der Waals surface area contributed by atoms with E-state index in [-0.39, 0.29) is 11.0 Å². The molecule has 134 valence electrons. The van der Waals surface area contributed by atoms with Crippen molar-refractivity contribution in [3.05, 3.63) is 52.1 Å². The quantitative estimate of drug-likeness (QED) is 0.720. The van der Waals surface area contributed by atoms with Crippen LogP contribution in [0.4, 0.5) is 24.8 Å². The van der Waals surface area contributed by atoms with Gasteiger partial charge in [-0.25, -0.2) is 15.0 Å². The van der Waals surface area contributed by atoms with Gasteiger partial charge in [0.2, 0.25) is 5.95 Å². The van der Waals surface area contributed by atoms with Gasteiger partial charge in [-0.05, 0) is 36.8 Å². The first-order chi connectivity index (χ1) is 12.2. The van der Waals surface area contributed by atoms with Crippen molar-refractivity contribution in [1.82, 2.24) is 15.0 Å². The molecular weight excluding hydrogens is 367 g/mol. The molecule has 0 aliphatic heterocycles. The van der Waals surface area contributed by atoms with Gasteiger partial charge in [-0.3, -0.25) is 4.79 Å². The molecule has 10 heteroatoms. The van der Waals surface area contributed by atoms with Gasteiger partial charge in [-0.2, -0.15) is 13.2 Å². The van der Waals surface area contributed by atoms with Gasteiger partial charge in [0.05, 0.1) is 5.69 Å². The molecule has 1 aromatic carbocycles. The SMILES string of the molecule is Cc1cc(Nc2nccc(C(F)(F)F)n2)cc(-c2csc(C(N)=O)n2)c1. The number of nitrogens with zero attached hydrogens (tertiary/aromatic N) is 3. The molecule has 1 amide bonds. The second-order valence-corrected chi connectivity index (χ2v) is 6.24. The summed E-state index contributed by atoms with van der Waals surface area (Å²) in [5.41, 5.74) is 6.73. The third-order valence-electron chi connectivity index (χ3n) is 3.29. The van der Waals surface area contributed by atoms with Crippen molar-refractivity contribution >= 4 is 28.9 Å². The van der Waals surface area contributed by atoms with Crippen molar-refractivity contribution < 1.29 is 18.0 Å². The molecule has 0 saturated heterocycles. The first kappa shape index (κ1) is 17.8. The molecule has 3 N–H and O–H groups in total. The fourth-order valence-corrected chi connectivity index (χ4v) is 2.91. The van der Waals surface area contributed by atoms with Gasteiger partial charge in [0.25, 0.3) is 5.91 Å². The fraction of sp³-hybridized carbons (Fsp3) is 0.125. The summed E-state index contributed by atoms with van der Waals surface area (Å²) in [5, 5.41) is 4.62. The summed E-state index contributed by atoms with van der Waals surface area (Å²) in [5.74, 6) is -0.794. The minimum atomic E-state index is -4.55. The number of aryl methyl sites for hydroxylation is 1. The van der Waals surface area contributed by atoms with Crippen molar-refractivity contribution in [3.8, 4) is 11.3 Å². The number of rotatable bonds is 4. The molecule has 0 atom stereocenters. The number of alkyl halides is 3. The predicted molar refractivity (Wildman–Crippen MR) is 91.1 cm³/mol. The Bertz CT molecular complexity index is 971. The second kappa shape index (κ2) is 6.71. The van der Waals surface area contributed by atoms with E-state index in [2.05, 4.69) is 20.3 Å². The lowest BCUT2D eigenvalue weighted by Gasteiger charge is -2.10. The molecule has 0 radical (unpaired) electrons. The van der Waals surface area contributed by atoms with Crippen LogP contribution in [0.1, 0.15) is 21.1 Å². The van der Waals surface area contributed by atoms with Gasteiger partial charge in [-0.1, -0.05) is 0 Å². The molecule has 26 heavy (non-hydrogen) atoms. The average Bonchev–Trinajstić information content (AvgIpc) is 3.04. The molecule has 0 aliphatic carbocycles. The molecule has 0 unspecified atom stereocenters. The fourth-order valence-electron chi connectivity index (χ4n) is 2.23. The summed E-state index contributed by atoms with van der Waals surface area (Å²) >= 11 is 1.12. The molecule has 0 saturated carbocycles. The van der Waals surface area contributed by atoms with Crippen LogP contribution in [0.25, 0.3) is 11.3 Å². The van der Waals surface area contributed by atoms with Crippen LogP contribution in [-0.4, -0.2) is 20.9 Å². The molecule has 3 aromatic rings. The van der Waals surface area contributed by atoms with E-state index in [4.69, 9.17) is 5.73 Å². The van der Waals surface area contributed by atoms with E-state index >= 15 is 0 Å². The Labute approximate surface area is 149 Å². The molecule has 0 spiro atoms. The highest BCUT2D eigenvalue weighted by molar-refractivity contribution is 7.12. The lowest BCUT2D eigenvalue weighted by atomic mass is 10.1. The molecular formula is C16H12F3N5OS. The molecule has 0 bridgehead atoms. The maximum Gasteiger partial charge on any atom is 0.433 e. The van der Waals surface area contributed by atoms with E-state index in [1.807, 2.05) is 13.0 Å². The third kappa shape index (κ3) is 3.97. The van der Waals surface area contributed by atoms with Crippen molar-refractivity contribution in [2.75, 3.05) is 5.32 Å². The summed E-state index contributed by atoms with van der Waals surface area (Å²) in [6.45, 7) is 1.82. The Morgan fingerprint density at radius 2 is 2.00 bits per heavy atom. The van der Waals surface area contributed by atoms with Gasteiger partial charge in [0.1, 0.15) is 5.69 Å². The number of primary amides is 1. The van der Waals surface area contributed by atoms with Crippen LogP contribution in [-0.2, 0) is 6.18 Å². The number of thiazole rings is 1. The van der Waals surface area contributed by atoms with Crippen LogP contribution in [0.3, 0.4) is 0 Å². The number of anilines is 2. The maximum atomic E-state index is 12.8. The van der Waals surface area contributed by atoms with E-state index in [1.165, 1.54) is 0 Å². The normalized spacial score (nSPS) is 11.4. The molecule has 6 nitrogen and oxygen atoms in total. The minimum absolute atomic E-state index is 0.174. The Kier molecular flexibility index (Phi) is 4.60. The van der Waals surface area contributed by atoms with Gasteiger partial charge in [-0.15, -0.1) is 11.3 Å². The number of nitrogens with one attached hydrogen (secondary N) is 1. The Morgan fingerprint density at radius 1 is 1.23 bits per heavy atom. The lowest BCUT2D eigenvalue weighted by molar-refractivity contribution is -0.141. The van der Waals surface area contributed by atoms with Crippen LogP contribution in [0.5, 0.6) is 0 Å². The van der Waals surface area contributed by atoms with E-state index in [1.54, 1.807) is 17.5 Å².